The van der Waals surface area contributed by atoms with Gasteiger partial charge < -0.3 is 0 Å². The van der Waals surface area contributed by atoms with Crippen molar-refractivity contribution in [2.45, 2.75) is 41.5 Å². The van der Waals surface area contributed by atoms with E-state index >= 15 is 0 Å². The molecule has 104 valence electrons. The van der Waals surface area contributed by atoms with Crippen LogP contribution in [0.5, 0.6) is 0 Å². The fourth-order valence-electron chi connectivity index (χ4n) is 2.09. The summed E-state index contributed by atoms with van der Waals surface area (Å²) in [4.78, 5) is 8.47. The maximum atomic E-state index is 4.23. The Hall–Kier alpha value is -1.22. The van der Waals surface area contributed by atoms with E-state index < -0.39 is 0 Å². The second-order valence-corrected chi connectivity index (χ2v) is 4.85. The van der Waals surface area contributed by atoms with Crippen LogP contribution < -0.4 is 0 Å². The van der Waals surface area contributed by atoms with E-state index in [1.165, 1.54) is 11.1 Å². The van der Waals surface area contributed by atoms with Gasteiger partial charge >= 0.3 is 0 Å². The van der Waals surface area contributed by atoms with Crippen LogP contribution in [0.1, 0.15) is 33.9 Å². The van der Waals surface area contributed by atoms with Crippen LogP contribution in [0.25, 0.3) is 0 Å². The molecule has 2 nitrogen and oxygen atoms in total. The van der Waals surface area contributed by atoms with Gasteiger partial charge in [-0.25, -0.2) is 0 Å². The van der Waals surface area contributed by atoms with Crippen LogP contribution in [0.2, 0.25) is 0 Å². The van der Waals surface area contributed by atoms with E-state index in [9.17, 15) is 0 Å². The molecule has 0 spiro atoms. The highest BCUT2D eigenvalue weighted by Crippen LogP contribution is 2.02. The number of aromatic nitrogens is 2. The lowest BCUT2D eigenvalue weighted by Crippen LogP contribution is -1.85. The molecule has 19 heavy (non-hydrogen) atoms. The Labute approximate surface area is 127 Å². The molecule has 0 aliphatic rings. The van der Waals surface area contributed by atoms with E-state index in [4.69, 9.17) is 0 Å². The molecule has 2 aromatic rings. The third kappa shape index (κ3) is 7.06. The van der Waals surface area contributed by atoms with Gasteiger partial charge in [-0.05, 0) is 76.9 Å². The Morgan fingerprint density at radius 2 is 0.737 bits per heavy atom. The van der Waals surface area contributed by atoms with Crippen LogP contribution in [0.3, 0.4) is 0 Å². The molecule has 3 heteroatoms. The summed E-state index contributed by atoms with van der Waals surface area (Å²) in [6, 6.07) is 8.31. The summed E-state index contributed by atoms with van der Waals surface area (Å²) in [5, 5.41) is 0. The summed E-state index contributed by atoms with van der Waals surface area (Å²) in [5.74, 6) is 0. The highest BCUT2D eigenvalue weighted by molar-refractivity contribution is 8.93. The summed E-state index contributed by atoms with van der Waals surface area (Å²) in [7, 11) is 0. The largest absolute Gasteiger partial charge is 0.258 e. The first-order valence-electron chi connectivity index (χ1n) is 6.20. The van der Waals surface area contributed by atoms with Gasteiger partial charge in [0.2, 0.25) is 0 Å². The normalized spacial score (nSPS) is 9.16. The molecule has 0 aromatic carbocycles. The van der Waals surface area contributed by atoms with Gasteiger partial charge in [0.15, 0.2) is 0 Å². The molecule has 0 atom stereocenters. The standard InChI is InChI=1S/2C8H11N.BrH/c2*1-6-4-7(2)9-8(3)5-6;/h2*4-5H,1-3H3;1H. The lowest BCUT2D eigenvalue weighted by molar-refractivity contribution is 1.10. The zero-order valence-corrected chi connectivity index (χ0v) is 14.3. The van der Waals surface area contributed by atoms with Gasteiger partial charge in [0.25, 0.3) is 0 Å². The predicted molar refractivity (Wildman–Crippen MR) is 87.2 cm³/mol. The van der Waals surface area contributed by atoms with Crippen molar-refractivity contribution in [3.05, 3.63) is 58.2 Å². The smallest absolute Gasteiger partial charge is 0.0378 e. The fraction of sp³-hybridized carbons (Fsp3) is 0.375. The van der Waals surface area contributed by atoms with E-state index in [-0.39, 0.29) is 17.0 Å². The lowest BCUT2D eigenvalue weighted by Gasteiger charge is -1.96. The topological polar surface area (TPSA) is 25.8 Å². The maximum Gasteiger partial charge on any atom is 0.0378 e. The third-order valence-electron chi connectivity index (χ3n) is 2.45. The molecule has 0 aliphatic carbocycles. The van der Waals surface area contributed by atoms with Crippen molar-refractivity contribution < 1.29 is 0 Å². The number of halogens is 1. The van der Waals surface area contributed by atoms with Crippen molar-refractivity contribution in [1.82, 2.24) is 9.97 Å². The van der Waals surface area contributed by atoms with E-state index in [2.05, 4.69) is 48.1 Å². The Morgan fingerprint density at radius 1 is 0.526 bits per heavy atom. The molecule has 0 unspecified atom stereocenters. The van der Waals surface area contributed by atoms with Crippen molar-refractivity contribution in [3.8, 4) is 0 Å². The van der Waals surface area contributed by atoms with Gasteiger partial charge in [-0.3, -0.25) is 9.97 Å². The fourth-order valence-corrected chi connectivity index (χ4v) is 2.09. The van der Waals surface area contributed by atoms with E-state index in [1.54, 1.807) is 0 Å². The number of aryl methyl sites for hydroxylation is 6. The monoisotopic (exact) mass is 322 g/mol. The first kappa shape index (κ1) is 17.8. The molecule has 2 rings (SSSR count). The first-order chi connectivity index (χ1) is 8.36. The van der Waals surface area contributed by atoms with Crippen LogP contribution >= 0.6 is 17.0 Å². The minimum Gasteiger partial charge on any atom is -0.258 e. The molecular formula is C16H23BrN2. The number of hydrogen-bond acceptors (Lipinski definition) is 2. The highest BCUT2D eigenvalue weighted by atomic mass is 79.9. The van der Waals surface area contributed by atoms with Gasteiger partial charge in [0.1, 0.15) is 0 Å². The molecule has 0 fully saturated rings. The van der Waals surface area contributed by atoms with Gasteiger partial charge in [0.05, 0.1) is 0 Å². The van der Waals surface area contributed by atoms with Crippen LogP contribution in [0.4, 0.5) is 0 Å². The molecule has 2 aromatic heterocycles. The van der Waals surface area contributed by atoms with Crippen molar-refractivity contribution in [1.29, 1.82) is 0 Å². The zero-order valence-electron chi connectivity index (χ0n) is 12.6. The molecule has 0 aliphatic heterocycles. The zero-order chi connectivity index (χ0) is 13.7. The SMILES string of the molecule is Br.Cc1cc(C)nc(C)c1.Cc1cc(C)nc(C)c1. The Balaban J connectivity index is 0.000000324. The van der Waals surface area contributed by atoms with Crippen LogP contribution in [-0.4, -0.2) is 9.97 Å². The highest BCUT2D eigenvalue weighted by Gasteiger charge is 1.89. The number of hydrogen-bond donors (Lipinski definition) is 0. The third-order valence-corrected chi connectivity index (χ3v) is 2.45. The quantitative estimate of drug-likeness (QED) is 0.708. The van der Waals surface area contributed by atoms with E-state index in [1.807, 2.05) is 27.7 Å². The molecule has 2 heterocycles. The van der Waals surface area contributed by atoms with Crippen molar-refractivity contribution in [2.75, 3.05) is 0 Å². The Morgan fingerprint density at radius 3 is 0.895 bits per heavy atom. The van der Waals surface area contributed by atoms with Crippen LogP contribution in [0.15, 0.2) is 24.3 Å². The van der Waals surface area contributed by atoms with Crippen molar-refractivity contribution >= 4 is 17.0 Å². The van der Waals surface area contributed by atoms with Crippen LogP contribution in [-0.2, 0) is 0 Å². The first-order valence-corrected chi connectivity index (χ1v) is 6.20. The Kier molecular flexibility index (Phi) is 7.53. The summed E-state index contributed by atoms with van der Waals surface area (Å²) >= 11 is 0. The molecule has 0 N–H and O–H groups in total. The molecule has 0 saturated carbocycles. The molecule has 0 radical (unpaired) electrons. The van der Waals surface area contributed by atoms with Crippen molar-refractivity contribution in [3.63, 3.8) is 0 Å². The average Bonchev–Trinajstić information content (AvgIpc) is 2.12. The summed E-state index contributed by atoms with van der Waals surface area (Å²) in [5.41, 5.74) is 7.00. The molecular weight excluding hydrogens is 300 g/mol. The second-order valence-electron chi connectivity index (χ2n) is 4.85. The minimum atomic E-state index is 0. The lowest BCUT2D eigenvalue weighted by atomic mass is 10.2. The predicted octanol–water partition coefficient (Wildman–Crippen LogP) is 4.59. The molecule has 0 saturated heterocycles. The van der Waals surface area contributed by atoms with Gasteiger partial charge in [0, 0.05) is 22.8 Å². The summed E-state index contributed by atoms with van der Waals surface area (Å²) in [6.45, 7) is 12.2. The number of rotatable bonds is 0. The van der Waals surface area contributed by atoms with Gasteiger partial charge in [-0.1, -0.05) is 0 Å². The number of pyridine rings is 2. The summed E-state index contributed by atoms with van der Waals surface area (Å²) in [6.07, 6.45) is 0. The Bertz CT molecular complexity index is 386. The minimum absolute atomic E-state index is 0. The molecule has 0 bridgehead atoms. The molecule has 0 amide bonds. The summed E-state index contributed by atoms with van der Waals surface area (Å²) < 4.78 is 0. The number of nitrogens with zero attached hydrogens (tertiary/aromatic N) is 2. The maximum absolute atomic E-state index is 4.23. The average molecular weight is 323 g/mol. The van der Waals surface area contributed by atoms with E-state index in [0.29, 0.717) is 0 Å². The van der Waals surface area contributed by atoms with Crippen LogP contribution in [0, 0.1) is 41.5 Å². The van der Waals surface area contributed by atoms with Gasteiger partial charge in [-0.15, -0.1) is 17.0 Å². The second kappa shape index (κ2) is 8.05. The van der Waals surface area contributed by atoms with E-state index in [0.717, 1.165) is 22.8 Å². The van der Waals surface area contributed by atoms with Gasteiger partial charge in [-0.2, -0.15) is 0 Å². The van der Waals surface area contributed by atoms with Crippen molar-refractivity contribution in [2.24, 2.45) is 0 Å².